The Morgan fingerprint density at radius 1 is 0.558 bits per heavy atom. The number of phenols is 1. The lowest BCUT2D eigenvalue weighted by molar-refractivity contribution is 0.1000. The summed E-state index contributed by atoms with van der Waals surface area (Å²) in [5, 5.41) is 20.4. The van der Waals surface area contributed by atoms with Gasteiger partial charge in [-0.15, -0.1) is 0 Å². The second-order valence-corrected chi connectivity index (χ2v) is 19.5. The highest BCUT2D eigenvalue weighted by atomic mass is 32.2. The number of rotatable bonds is 8. The number of phenolic OH excluding ortho intramolecular Hbond substituents is 1. The van der Waals surface area contributed by atoms with Crippen molar-refractivity contribution in [3.8, 4) is 23.0 Å². The number of hydrogen-bond acceptors (Lipinski definition) is 20. The van der Waals surface area contributed by atoms with Crippen LogP contribution in [0, 0.1) is 6.92 Å². The SMILES string of the molecule is CCn1c2ccccc2c2cc(N)ccc21.COc1cc(N)cc(OC)c1OC.Cc1ccc(N)nc1.NC(=O)c1ccc(N)nc1.Nc1ccc(N=Nc2ccc(S(=O)(=O)O)cc2)cc1.Nc1ccc(O)c(N)c1.Nc1ccc2ccccc2n1. The van der Waals surface area contributed by atoms with Crippen LogP contribution in [0.4, 0.5) is 57.3 Å². The van der Waals surface area contributed by atoms with Crippen molar-refractivity contribution < 1.29 is 37.1 Å². The maximum absolute atomic E-state index is 10.8. The van der Waals surface area contributed by atoms with Crippen LogP contribution in [-0.4, -0.2) is 64.8 Å². The van der Waals surface area contributed by atoms with Crippen LogP contribution in [0.1, 0.15) is 22.8 Å². The van der Waals surface area contributed by atoms with Gasteiger partial charge in [0.05, 0.1) is 54.4 Å². The van der Waals surface area contributed by atoms with Gasteiger partial charge in [-0.1, -0.05) is 42.5 Å². The number of azo groups is 1. The first-order chi connectivity index (χ1) is 41.0. The number of fused-ring (bicyclic) bond motifs is 4. The molecule has 0 radical (unpaired) electrons. The van der Waals surface area contributed by atoms with E-state index in [1.165, 1.54) is 76.5 Å². The zero-order chi connectivity index (χ0) is 62.9. The molecule has 86 heavy (non-hydrogen) atoms. The minimum atomic E-state index is -4.18. The molecule has 11 rings (SSSR count). The smallest absolute Gasteiger partial charge is 0.294 e. The number of aromatic hydroxyl groups is 1. The molecule has 0 aliphatic heterocycles. The summed E-state index contributed by atoms with van der Waals surface area (Å²) in [7, 11) is 0.479. The van der Waals surface area contributed by atoms with E-state index in [9.17, 15) is 13.2 Å². The van der Waals surface area contributed by atoms with Gasteiger partial charge in [0, 0.05) is 81.0 Å². The maximum Gasteiger partial charge on any atom is 0.294 e. The number of ether oxygens (including phenoxy) is 3. The van der Waals surface area contributed by atoms with Gasteiger partial charge in [-0.3, -0.25) is 9.35 Å². The molecule has 0 aliphatic rings. The monoisotopic (exact) mass is 1180 g/mol. The first-order valence-corrected chi connectivity index (χ1v) is 27.3. The molecule has 23 nitrogen and oxygen atoms in total. The topological polar surface area (TPSA) is 422 Å². The summed E-state index contributed by atoms with van der Waals surface area (Å²) in [6, 6.07) is 53.2. The fourth-order valence-electron chi connectivity index (χ4n) is 7.54. The number of anilines is 8. The van der Waals surface area contributed by atoms with Crippen LogP contribution in [0.25, 0.3) is 32.7 Å². The van der Waals surface area contributed by atoms with Crippen molar-refractivity contribution in [2.24, 2.45) is 16.0 Å². The number of primary amides is 1. The average Bonchev–Trinajstić information content (AvgIpc) is 1.71. The molecule has 4 heterocycles. The summed E-state index contributed by atoms with van der Waals surface area (Å²) >= 11 is 0. The Morgan fingerprint density at radius 3 is 1.62 bits per heavy atom. The molecular weight excluding hydrogens is 1110 g/mol. The van der Waals surface area contributed by atoms with E-state index < -0.39 is 16.0 Å². The van der Waals surface area contributed by atoms with E-state index in [1.54, 1.807) is 76.1 Å². The second-order valence-electron chi connectivity index (χ2n) is 18.1. The Balaban J connectivity index is 0.000000187. The molecule has 20 N–H and O–H groups in total. The Kier molecular flexibility index (Phi) is 24.1. The van der Waals surface area contributed by atoms with Crippen molar-refractivity contribution in [2.75, 3.05) is 67.2 Å². The van der Waals surface area contributed by atoms with Crippen LogP contribution < -0.4 is 65.8 Å². The number of methoxy groups -OCH3 is 3. The molecule has 0 atom stereocenters. The average molecular weight is 1180 g/mol. The number of pyridine rings is 3. The van der Waals surface area contributed by atoms with E-state index in [2.05, 4.69) is 73.1 Å². The number of nitrogens with zero attached hydrogens (tertiary/aromatic N) is 6. The number of para-hydroxylation sites is 2. The third kappa shape index (κ3) is 20.0. The van der Waals surface area contributed by atoms with Crippen LogP contribution in [0.5, 0.6) is 23.0 Å². The largest absolute Gasteiger partial charge is 0.506 e. The summed E-state index contributed by atoms with van der Waals surface area (Å²) < 4.78 is 48.1. The van der Waals surface area contributed by atoms with Crippen LogP contribution in [0.2, 0.25) is 0 Å². The molecule has 4 aromatic heterocycles. The third-order valence-corrected chi connectivity index (χ3v) is 12.7. The molecule has 0 unspecified atom stereocenters. The third-order valence-electron chi connectivity index (χ3n) is 11.8. The summed E-state index contributed by atoms with van der Waals surface area (Å²) in [6.45, 7) is 5.13. The number of hydrogen-bond donors (Lipinski definition) is 11. The number of nitrogens with two attached hydrogens (primary N) is 9. The Morgan fingerprint density at radius 2 is 1.09 bits per heavy atom. The van der Waals surface area contributed by atoms with Crippen LogP contribution in [0.3, 0.4) is 0 Å². The van der Waals surface area contributed by atoms with Gasteiger partial charge in [-0.2, -0.15) is 18.6 Å². The Hall–Kier alpha value is -11.4. The molecule has 0 saturated carbocycles. The Labute approximate surface area is 497 Å². The second kappa shape index (κ2) is 31.7. The highest BCUT2D eigenvalue weighted by Gasteiger charge is 2.12. The molecule has 0 aliphatic carbocycles. The molecule has 0 fully saturated rings. The number of carbonyl (C=O) groups is 1. The summed E-state index contributed by atoms with van der Waals surface area (Å²) in [4.78, 5) is 22.0. The van der Waals surface area contributed by atoms with Crippen molar-refractivity contribution >= 4 is 106 Å². The van der Waals surface area contributed by atoms with E-state index in [1.807, 2.05) is 55.5 Å². The quantitative estimate of drug-likeness (QED) is 0.0221. The molecule has 7 aromatic carbocycles. The zero-order valence-corrected chi connectivity index (χ0v) is 48.6. The molecule has 446 valence electrons. The fourth-order valence-corrected chi connectivity index (χ4v) is 8.02. The zero-order valence-electron chi connectivity index (χ0n) is 47.8. The van der Waals surface area contributed by atoms with Crippen molar-refractivity contribution in [1.82, 2.24) is 19.5 Å². The van der Waals surface area contributed by atoms with Gasteiger partial charge in [0.25, 0.3) is 10.1 Å². The van der Waals surface area contributed by atoms with Crippen molar-refractivity contribution in [1.29, 1.82) is 0 Å². The van der Waals surface area contributed by atoms with E-state index in [-0.39, 0.29) is 10.6 Å². The highest BCUT2D eigenvalue weighted by molar-refractivity contribution is 7.85. The van der Waals surface area contributed by atoms with Crippen molar-refractivity contribution in [3.05, 3.63) is 206 Å². The number of aryl methyl sites for hydroxylation is 2. The van der Waals surface area contributed by atoms with Gasteiger partial charge in [0.15, 0.2) is 11.5 Å². The molecular formula is C62H69N15O8S. The van der Waals surface area contributed by atoms with Gasteiger partial charge < -0.3 is 75.5 Å². The molecule has 0 spiro atoms. The van der Waals surface area contributed by atoms with Gasteiger partial charge >= 0.3 is 0 Å². The minimum absolute atomic E-state index is 0.0733. The molecule has 11 aromatic rings. The van der Waals surface area contributed by atoms with Gasteiger partial charge in [-0.25, -0.2) is 15.0 Å². The predicted molar refractivity (Wildman–Crippen MR) is 345 cm³/mol. The van der Waals surface area contributed by atoms with Gasteiger partial charge in [-0.05, 0) is 147 Å². The standard InChI is InChI=1S/C14H14N2.C12H11N3O3S.C9H8N2.C9H13NO3.C6H7N3O.C6H8N2O.C6H8N2/c1-2-16-13-6-4-3-5-11(13)12-9-10(15)7-8-14(12)16;13-9-1-3-10(4-2-9)14-15-11-5-7-12(8-6-11)19(16,17)18;10-9-6-5-7-3-1-2-4-8(7)11-9;1-11-7-4-6(10)5-8(12-2)9(7)13-3;7-5-2-1-4(3-9-5)6(8)10;7-4-1-2-6(9)5(8)3-4;1-5-2-3-6(7)8-4-5/h3-9H,2,15H2,1H3;1-8H,13H2,(H,16,17,18);1-6H,(H2,10,11);4-5H,10H2,1-3H3;1-3H,(H2,7,9)(H2,8,10);1-3,9H,7-8H2;2-4H,1H3,(H2,7,8). The first kappa shape index (κ1) is 65.4. The summed E-state index contributed by atoms with van der Waals surface area (Å²) in [5.74, 6) is 2.80. The number of carbonyl (C=O) groups excluding carboxylic acids is 1. The fraction of sp³-hybridized carbons (Fsp3) is 0.0968. The van der Waals surface area contributed by atoms with Crippen molar-refractivity contribution in [2.45, 2.75) is 25.3 Å². The maximum atomic E-state index is 10.8. The Bertz CT molecular complexity index is 4070. The van der Waals surface area contributed by atoms with Crippen LogP contribution in [0.15, 0.2) is 210 Å². The first-order valence-electron chi connectivity index (χ1n) is 25.8. The molecule has 24 heteroatoms. The van der Waals surface area contributed by atoms with E-state index in [0.29, 0.717) is 74.4 Å². The molecule has 0 saturated heterocycles. The predicted octanol–water partition coefficient (Wildman–Crippen LogP) is 10.7. The number of aromatic nitrogens is 4. The van der Waals surface area contributed by atoms with Gasteiger partial charge in [0.1, 0.15) is 23.2 Å². The lowest BCUT2D eigenvalue weighted by atomic mass is 10.1. The summed E-state index contributed by atoms with van der Waals surface area (Å²) in [5.41, 5.74) is 57.7. The van der Waals surface area contributed by atoms with Crippen molar-refractivity contribution in [3.63, 3.8) is 0 Å². The van der Waals surface area contributed by atoms with Crippen LogP contribution >= 0.6 is 0 Å². The van der Waals surface area contributed by atoms with Gasteiger partial charge in [0.2, 0.25) is 11.7 Å². The van der Waals surface area contributed by atoms with E-state index in [4.69, 9.17) is 75.5 Å². The summed E-state index contributed by atoms with van der Waals surface area (Å²) in [6.07, 6.45) is 3.09. The number of amides is 1. The lowest BCUT2D eigenvalue weighted by Gasteiger charge is -2.12. The normalized spacial score (nSPS) is 10.3. The highest BCUT2D eigenvalue weighted by Crippen LogP contribution is 2.39. The molecule has 1 amide bonds. The number of nitrogen functional groups attached to an aromatic ring is 8. The van der Waals surface area contributed by atoms with E-state index >= 15 is 0 Å². The van der Waals surface area contributed by atoms with E-state index in [0.717, 1.165) is 28.7 Å². The molecule has 0 bridgehead atoms. The van der Waals surface area contributed by atoms with Crippen LogP contribution in [-0.2, 0) is 16.7 Å². The minimum Gasteiger partial charge on any atom is -0.506 e. The number of benzene rings is 7. The lowest BCUT2D eigenvalue weighted by Crippen LogP contribution is -2.11.